The van der Waals surface area contributed by atoms with Gasteiger partial charge in [0.05, 0.1) is 13.2 Å². The lowest BCUT2D eigenvalue weighted by molar-refractivity contribution is 0.0398. The molecule has 1 aliphatic rings. The predicted octanol–water partition coefficient (Wildman–Crippen LogP) is 2.84. The third-order valence-corrected chi connectivity index (χ3v) is 4.46. The second-order valence-corrected chi connectivity index (χ2v) is 6.23. The number of para-hydroxylation sites is 1. The summed E-state index contributed by atoms with van der Waals surface area (Å²) in [6.45, 7) is 9.73. The van der Waals surface area contributed by atoms with E-state index in [9.17, 15) is 0 Å². The number of ether oxygens (including phenoxy) is 1. The van der Waals surface area contributed by atoms with Crippen LogP contribution in [0.3, 0.4) is 0 Å². The molecule has 1 aliphatic heterocycles. The molecule has 0 aliphatic carbocycles. The number of aromatic nitrogens is 2. The molecule has 0 atom stereocenters. The van der Waals surface area contributed by atoms with Crippen LogP contribution in [0.15, 0.2) is 30.5 Å². The maximum atomic E-state index is 5.37. The number of anilines is 3. The topological polar surface area (TPSA) is 62.3 Å². The molecule has 0 saturated carbocycles. The minimum Gasteiger partial charge on any atom is -0.379 e. The molecule has 1 saturated heterocycles. The van der Waals surface area contributed by atoms with Crippen molar-refractivity contribution in [2.24, 2.45) is 0 Å². The molecule has 1 aromatic heterocycles. The summed E-state index contributed by atoms with van der Waals surface area (Å²) in [7, 11) is 0. The zero-order chi connectivity index (χ0) is 17.5. The fourth-order valence-electron chi connectivity index (χ4n) is 2.99. The summed E-state index contributed by atoms with van der Waals surface area (Å²) in [6, 6.07) is 8.26. The van der Waals surface area contributed by atoms with Gasteiger partial charge in [0.2, 0.25) is 5.95 Å². The van der Waals surface area contributed by atoms with Gasteiger partial charge in [0, 0.05) is 38.1 Å². The molecule has 3 rings (SSSR count). The van der Waals surface area contributed by atoms with Gasteiger partial charge in [-0.3, -0.25) is 4.90 Å². The molecule has 0 radical (unpaired) electrons. The minimum absolute atomic E-state index is 0.657. The maximum absolute atomic E-state index is 5.37. The van der Waals surface area contributed by atoms with E-state index in [0.29, 0.717) is 5.95 Å². The Hall–Kier alpha value is -2.18. The number of aryl methyl sites for hydroxylation is 2. The van der Waals surface area contributed by atoms with Gasteiger partial charge in [-0.05, 0) is 30.5 Å². The lowest BCUT2D eigenvalue weighted by atomic mass is 10.1. The Morgan fingerprint density at radius 2 is 2.04 bits per heavy atom. The number of nitrogens with zero attached hydrogens (tertiary/aromatic N) is 3. The van der Waals surface area contributed by atoms with Gasteiger partial charge < -0.3 is 15.4 Å². The van der Waals surface area contributed by atoms with Crippen LogP contribution in [0.25, 0.3) is 0 Å². The average Bonchev–Trinajstić information content (AvgIpc) is 2.65. The van der Waals surface area contributed by atoms with Gasteiger partial charge in [-0.1, -0.05) is 25.1 Å². The molecular weight excluding hydrogens is 314 g/mol. The highest BCUT2D eigenvalue weighted by molar-refractivity contribution is 5.65. The summed E-state index contributed by atoms with van der Waals surface area (Å²) >= 11 is 0. The summed E-state index contributed by atoms with van der Waals surface area (Å²) in [6.07, 6.45) is 2.77. The highest BCUT2D eigenvalue weighted by Crippen LogP contribution is 2.24. The summed E-state index contributed by atoms with van der Waals surface area (Å²) in [5, 5.41) is 6.77. The lowest BCUT2D eigenvalue weighted by Crippen LogP contribution is -2.39. The molecule has 2 heterocycles. The second kappa shape index (κ2) is 8.78. The van der Waals surface area contributed by atoms with Crippen LogP contribution in [-0.4, -0.2) is 54.3 Å². The largest absolute Gasteiger partial charge is 0.379 e. The third-order valence-electron chi connectivity index (χ3n) is 4.46. The molecule has 2 aromatic rings. The summed E-state index contributed by atoms with van der Waals surface area (Å²) in [5.74, 6) is 1.47. The number of hydrogen-bond donors (Lipinski definition) is 2. The molecule has 6 nitrogen and oxygen atoms in total. The van der Waals surface area contributed by atoms with Crippen LogP contribution in [-0.2, 0) is 11.2 Å². The van der Waals surface area contributed by atoms with Crippen LogP contribution in [0.5, 0.6) is 0 Å². The number of morpholine rings is 1. The van der Waals surface area contributed by atoms with E-state index >= 15 is 0 Å². The first-order chi connectivity index (χ1) is 12.3. The molecule has 134 valence electrons. The van der Waals surface area contributed by atoms with Gasteiger partial charge in [-0.15, -0.1) is 0 Å². The van der Waals surface area contributed by atoms with E-state index in [4.69, 9.17) is 4.74 Å². The van der Waals surface area contributed by atoms with Crippen LogP contribution in [0.2, 0.25) is 0 Å². The highest BCUT2D eigenvalue weighted by Gasteiger charge is 2.10. The van der Waals surface area contributed by atoms with Gasteiger partial charge in [0.25, 0.3) is 0 Å². The maximum Gasteiger partial charge on any atom is 0.224 e. The van der Waals surface area contributed by atoms with Gasteiger partial charge >= 0.3 is 0 Å². The van der Waals surface area contributed by atoms with Crippen molar-refractivity contribution in [3.63, 3.8) is 0 Å². The van der Waals surface area contributed by atoms with Gasteiger partial charge in [0.15, 0.2) is 0 Å². The fourth-order valence-corrected chi connectivity index (χ4v) is 2.99. The highest BCUT2D eigenvalue weighted by atomic mass is 16.5. The Bertz CT molecular complexity index is 685. The smallest absolute Gasteiger partial charge is 0.224 e. The van der Waals surface area contributed by atoms with E-state index < -0.39 is 0 Å². The fraction of sp³-hybridized carbons (Fsp3) is 0.474. The van der Waals surface area contributed by atoms with E-state index in [2.05, 4.69) is 57.5 Å². The van der Waals surface area contributed by atoms with Gasteiger partial charge in [-0.25, -0.2) is 4.98 Å². The molecular formula is C19H27N5O. The van der Waals surface area contributed by atoms with Crippen molar-refractivity contribution in [3.8, 4) is 0 Å². The Morgan fingerprint density at radius 1 is 1.20 bits per heavy atom. The molecule has 2 N–H and O–H groups in total. The number of hydrogen-bond acceptors (Lipinski definition) is 6. The molecule has 1 fully saturated rings. The van der Waals surface area contributed by atoms with E-state index in [1.807, 2.05) is 6.07 Å². The molecule has 1 aromatic carbocycles. The summed E-state index contributed by atoms with van der Waals surface area (Å²) in [5.41, 5.74) is 3.66. The normalized spacial score (nSPS) is 15.1. The van der Waals surface area contributed by atoms with Crippen molar-refractivity contribution in [2.45, 2.75) is 20.3 Å². The Morgan fingerprint density at radius 3 is 2.84 bits per heavy atom. The van der Waals surface area contributed by atoms with Crippen molar-refractivity contribution in [1.29, 1.82) is 0 Å². The molecule has 0 spiro atoms. The predicted molar refractivity (Wildman–Crippen MR) is 102 cm³/mol. The van der Waals surface area contributed by atoms with Crippen LogP contribution in [0, 0.1) is 6.92 Å². The number of rotatable bonds is 7. The number of benzene rings is 1. The van der Waals surface area contributed by atoms with Gasteiger partial charge in [0.1, 0.15) is 5.82 Å². The lowest BCUT2D eigenvalue weighted by Gasteiger charge is -2.26. The average molecular weight is 341 g/mol. The summed E-state index contributed by atoms with van der Waals surface area (Å²) < 4.78 is 5.37. The first kappa shape index (κ1) is 17.6. The van der Waals surface area contributed by atoms with E-state index in [-0.39, 0.29) is 0 Å². The van der Waals surface area contributed by atoms with Gasteiger partial charge in [-0.2, -0.15) is 4.98 Å². The first-order valence-electron chi connectivity index (χ1n) is 8.99. The van der Waals surface area contributed by atoms with Crippen molar-refractivity contribution in [2.75, 3.05) is 50.0 Å². The molecule has 0 amide bonds. The SMILES string of the molecule is CCc1cccc(C)c1Nc1ccnc(NCCN2CCOCC2)n1. The molecule has 0 unspecified atom stereocenters. The molecule has 6 heteroatoms. The van der Waals surface area contributed by atoms with E-state index in [0.717, 1.165) is 57.3 Å². The van der Waals surface area contributed by atoms with E-state index in [1.54, 1.807) is 6.20 Å². The van der Waals surface area contributed by atoms with Crippen LogP contribution in [0.4, 0.5) is 17.5 Å². The molecule has 25 heavy (non-hydrogen) atoms. The monoisotopic (exact) mass is 341 g/mol. The first-order valence-corrected chi connectivity index (χ1v) is 8.99. The van der Waals surface area contributed by atoms with Crippen molar-refractivity contribution in [3.05, 3.63) is 41.6 Å². The summed E-state index contributed by atoms with van der Waals surface area (Å²) in [4.78, 5) is 11.3. The standard InChI is InChI=1S/C19H27N5O/c1-3-16-6-4-5-15(2)18(16)22-17-7-8-20-19(23-17)21-9-10-24-11-13-25-14-12-24/h4-8H,3,9-14H2,1-2H3,(H2,20,21,22,23). The molecule has 0 bridgehead atoms. The van der Waals surface area contributed by atoms with Crippen molar-refractivity contribution >= 4 is 17.5 Å². The van der Waals surface area contributed by atoms with E-state index in [1.165, 1.54) is 11.1 Å². The third kappa shape index (κ3) is 4.90. The Balaban J connectivity index is 1.60. The Labute approximate surface area is 149 Å². The van der Waals surface area contributed by atoms with Crippen molar-refractivity contribution < 1.29 is 4.74 Å². The van der Waals surface area contributed by atoms with Crippen LogP contribution in [0.1, 0.15) is 18.1 Å². The zero-order valence-electron chi connectivity index (χ0n) is 15.1. The van der Waals surface area contributed by atoms with Crippen LogP contribution >= 0.6 is 0 Å². The number of nitrogens with one attached hydrogen (secondary N) is 2. The van der Waals surface area contributed by atoms with Crippen LogP contribution < -0.4 is 10.6 Å². The minimum atomic E-state index is 0.657. The second-order valence-electron chi connectivity index (χ2n) is 6.23. The Kier molecular flexibility index (Phi) is 6.19. The zero-order valence-corrected chi connectivity index (χ0v) is 15.1. The quantitative estimate of drug-likeness (QED) is 0.807. The van der Waals surface area contributed by atoms with Crippen molar-refractivity contribution in [1.82, 2.24) is 14.9 Å².